The lowest BCUT2D eigenvalue weighted by atomic mass is 10.2. The molecule has 3 aromatic rings. The van der Waals surface area contributed by atoms with Gasteiger partial charge in [-0.15, -0.1) is 11.3 Å². The van der Waals surface area contributed by atoms with E-state index in [1.165, 1.54) is 4.31 Å². The molecule has 5 nitrogen and oxygen atoms in total. The van der Waals surface area contributed by atoms with Gasteiger partial charge in [0.2, 0.25) is 10.0 Å². The number of para-hydroxylation sites is 1. The Morgan fingerprint density at radius 3 is 2.43 bits per heavy atom. The number of hydrogen-bond donors (Lipinski definition) is 0. The molecule has 1 saturated heterocycles. The van der Waals surface area contributed by atoms with E-state index in [0.29, 0.717) is 25.7 Å². The van der Waals surface area contributed by atoms with Crippen molar-refractivity contribution in [3.05, 3.63) is 58.1 Å². The number of sulfonamides is 1. The summed E-state index contributed by atoms with van der Waals surface area (Å²) >= 11 is 7.20. The summed E-state index contributed by atoms with van der Waals surface area (Å²) in [6.45, 7) is 1.92. The first-order chi connectivity index (χ1) is 14.1. The Kier molecular flexibility index (Phi) is 5.80. The molecule has 1 aliphatic heterocycles. The maximum Gasteiger partial charge on any atom is 0.417 e. The molecular formula is C19H17ClF3N3O2S2. The minimum Gasteiger partial charge on any atom is -0.294 e. The Labute approximate surface area is 180 Å². The van der Waals surface area contributed by atoms with E-state index in [1.54, 1.807) is 11.3 Å². The predicted octanol–water partition coefficient (Wildman–Crippen LogP) is 4.48. The van der Waals surface area contributed by atoms with Crippen LogP contribution in [-0.4, -0.2) is 48.8 Å². The third kappa shape index (κ3) is 4.33. The van der Waals surface area contributed by atoms with Crippen molar-refractivity contribution in [3.8, 4) is 0 Å². The molecule has 0 spiro atoms. The fourth-order valence-corrected chi connectivity index (χ4v) is 6.02. The second kappa shape index (κ2) is 8.08. The zero-order valence-electron chi connectivity index (χ0n) is 15.6. The lowest BCUT2D eigenvalue weighted by Crippen LogP contribution is -2.48. The molecule has 0 unspecified atom stereocenters. The third-order valence-electron chi connectivity index (χ3n) is 4.91. The monoisotopic (exact) mass is 475 g/mol. The number of piperazine rings is 1. The maximum atomic E-state index is 13.1. The van der Waals surface area contributed by atoms with E-state index in [1.807, 2.05) is 24.3 Å². The molecule has 0 atom stereocenters. The zero-order chi connectivity index (χ0) is 21.5. The molecule has 0 aliphatic carbocycles. The van der Waals surface area contributed by atoms with E-state index in [4.69, 9.17) is 11.6 Å². The van der Waals surface area contributed by atoms with Gasteiger partial charge in [0.05, 0.1) is 32.2 Å². The highest BCUT2D eigenvalue weighted by molar-refractivity contribution is 7.89. The fourth-order valence-electron chi connectivity index (χ4n) is 3.34. The van der Waals surface area contributed by atoms with Crippen molar-refractivity contribution in [3.63, 3.8) is 0 Å². The van der Waals surface area contributed by atoms with E-state index in [0.717, 1.165) is 27.4 Å². The van der Waals surface area contributed by atoms with Crippen molar-refractivity contribution in [2.45, 2.75) is 17.6 Å². The number of benzene rings is 2. The van der Waals surface area contributed by atoms with Crippen molar-refractivity contribution in [1.82, 2.24) is 14.2 Å². The van der Waals surface area contributed by atoms with Gasteiger partial charge in [-0.05, 0) is 30.3 Å². The first-order valence-electron chi connectivity index (χ1n) is 9.08. The molecule has 0 amide bonds. The van der Waals surface area contributed by atoms with Crippen LogP contribution in [0.5, 0.6) is 0 Å². The van der Waals surface area contributed by atoms with Gasteiger partial charge >= 0.3 is 6.18 Å². The van der Waals surface area contributed by atoms with Gasteiger partial charge < -0.3 is 0 Å². The number of rotatable bonds is 4. The lowest BCUT2D eigenvalue weighted by molar-refractivity contribution is -0.137. The van der Waals surface area contributed by atoms with Gasteiger partial charge in [0.25, 0.3) is 0 Å². The largest absolute Gasteiger partial charge is 0.417 e. The molecule has 0 saturated carbocycles. The number of fused-ring (bicyclic) bond motifs is 1. The normalized spacial score (nSPS) is 16.9. The molecule has 0 N–H and O–H groups in total. The average Bonchev–Trinajstić information content (AvgIpc) is 3.10. The van der Waals surface area contributed by atoms with Gasteiger partial charge in [-0.25, -0.2) is 13.4 Å². The van der Waals surface area contributed by atoms with E-state index < -0.39 is 31.7 Å². The molecule has 30 heavy (non-hydrogen) atoms. The van der Waals surface area contributed by atoms with Gasteiger partial charge in [-0.1, -0.05) is 23.7 Å². The van der Waals surface area contributed by atoms with Crippen LogP contribution >= 0.6 is 22.9 Å². The molecule has 1 aromatic heterocycles. The lowest BCUT2D eigenvalue weighted by Gasteiger charge is -2.33. The van der Waals surface area contributed by atoms with Crippen molar-refractivity contribution < 1.29 is 21.6 Å². The molecule has 2 heterocycles. The standard InChI is InChI=1S/C19H17ClF3N3O2S2/c20-15-6-5-13(11-14(15)19(21,22)23)30(27,28)26-9-7-25(8-10-26)12-18-24-16-3-1-2-4-17(16)29-18/h1-6,11H,7-10,12H2. The quantitative estimate of drug-likeness (QED) is 0.558. The average molecular weight is 476 g/mol. The number of thiazole rings is 1. The molecule has 0 bridgehead atoms. The number of aromatic nitrogens is 1. The highest BCUT2D eigenvalue weighted by Gasteiger charge is 2.36. The van der Waals surface area contributed by atoms with Gasteiger partial charge in [0, 0.05) is 26.2 Å². The fraction of sp³-hybridized carbons (Fsp3) is 0.316. The predicted molar refractivity (Wildman–Crippen MR) is 110 cm³/mol. The Balaban J connectivity index is 1.45. The topological polar surface area (TPSA) is 53.5 Å². The minimum absolute atomic E-state index is 0.192. The molecular weight excluding hydrogens is 459 g/mol. The summed E-state index contributed by atoms with van der Waals surface area (Å²) < 4.78 is 67.3. The van der Waals surface area contributed by atoms with E-state index in [9.17, 15) is 21.6 Å². The summed E-state index contributed by atoms with van der Waals surface area (Å²) in [5, 5.41) is 0.419. The van der Waals surface area contributed by atoms with Crippen molar-refractivity contribution >= 4 is 43.2 Å². The van der Waals surface area contributed by atoms with Crippen molar-refractivity contribution in [1.29, 1.82) is 0 Å². The summed E-state index contributed by atoms with van der Waals surface area (Å²) in [6.07, 6.45) is -4.72. The number of halogens is 4. The first kappa shape index (κ1) is 21.5. The molecule has 160 valence electrons. The van der Waals surface area contributed by atoms with Crippen LogP contribution in [0.4, 0.5) is 13.2 Å². The van der Waals surface area contributed by atoms with Crippen molar-refractivity contribution in [2.24, 2.45) is 0 Å². The Hall–Kier alpha value is -1.72. The number of nitrogens with zero attached hydrogens (tertiary/aromatic N) is 3. The second-order valence-corrected chi connectivity index (χ2v) is 10.4. The van der Waals surface area contributed by atoms with Crippen molar-refractivity contribution in [2.75, 3.05) is 26.2 Å². The smallest absolute Gasteiger partial charge is 0.294 e. The molecule has 1 aliphatic rings. The van der Waals surface area contributed by atoms with Crippen LogP contribution in [0, 0.1) is 0 Å². The van der Waals surface area contributed by atoms with Crippen LogP contribution in [-0.2, 0) is 22.7 Å². The minimum atomic E-state index is -4.72. The van der Waals surface area contributed by atoms with E-state index in [-0.39, 0.29) is 13.1 Å². The van der Waals surface area contributed by atoms with Gasteiger partial charge in [-0.2, -0.15) is 17.5 Å². The van der Waals surface area contributed by atoms with Crippen LogP contribution in [0.25, 0.3) is 10.2 Å². The molecule has 4 rings (SSSR count). The van der Waals surface area contributed by atoms with Gasteiger partial charge in [0.15, 0.2) is 0 Å². The number of hydrogen-bond acceptors (Lipinski definition) is 5. The van der Waals surface area contributed by atoms with Gasteiger partial charge in [0.1, 0.15) is 5.01 Å². The summed E-state index contributed by atoms with van der Waals surface area (Å²) in [4.78, 5) is 6.28. The van der Waals surface area contributed by atoms with Crippen LogP contribution in [0.1, 0.15) is 10.6 Å². The molecule has 2 aromatic carbocycles. The Morgan fingerprint density at radius 2 is 1.77 bits per heavy atom. The summed E-state index contributed by atoms with van der Waals surface area (Å²) in [5.74, 6) is 0. The SMILES string of the molecule is O=S(=O)(c1ccc(Cl)c(C(F)(F)F)c1)N1CCN(Cc2nc3ccccc3s2)CC1. The van der Waals surface area contributed by atoms with E-state index in [2.05, 4.69) is 9.88 Å². The Bertz CT molecular complexity index is 1140. The first-order valence-corrected chi connectivity index (χ1v) is 11.7. The highest BCUT2D eigenvalue weighted by Crippen LogP contribution is 2.36. The number of alkyl halides is 3. The molecule has 11 heteroatoms. The maximum absolute atomic E-state index is 13.1. The zero-order valence-corrected chi connectivity index (χ0v) is 18.0. The highest BCUT2D eigenvalue weighted by atomic mass is 35.5. The summed E-state index contributed by atoms with van der Waals surface area (Å²) in [7, 11) is -4.04. The summed E-state index contributed by atoms with van der Waals surface area (Å²) in [6, 6.07) is 10.5. The van der Waals surface area contributed by atoms with E-state index >= 15 is 0 Å². The van der Waals surface area contributed by atoms with Crippen LogP contribution in [0.15, 0.2) is 47.4 Å². The van der Waals surface area contributed by atoms with Crippen LogP contribution in [0.3, 0.4) is 0 Å². The van der Waals surface area contributed by atoms with Gasteiger partial charge in [-0.3, -0.25) is 4.90 Å². The Morgan fingerprint density at radius 1 is 1.07 bits per heavy atom. The van der Waals surface area contributed by atoms with Crippen LogP contribution in [0.2, 0.25) is 5.02 Å². The van der Waals surface area contributed by atoms with Crippen LogP contribution < -0.4 is 0 Å². The molecule has 0 radical (unpaired) electrons. The third-order valence-corrected chi connectivity index (χ3v) is 8.15. The summed E-state index contributed by atoms with van der Waals surface area (Å²) in [5.41, 5.74) is -0.221. The molecule has 1 fully saturated rings. The second-order valence-electron chi connectivity index (χ2n) is 6.89.